The maximum Gasteiger partial charge on any atom is 0.261 e. The molecular formula is C25H29N5O3. The average Bonchev–Trinajstić information content (AvgIpc) is 3.64. The minimum atomic E-state index is 0.194. The van der Waals surface area contributed by atoms with Crippen LogP contribution in [0.4, 0.5) is 5.82 Å². The van der Waals surface area contributed by atoms with Crippen molar-refractivity contribution in [3.63, 3.8) is 0 Å². The smallest absolute Gasteiger partial charge is 0.261 e. The van der Waals surface area contributed by atoms with Crippen LogP contribution in [-0.4, -0.2) is 59.2 Å². The molecule has 2 aliphatic rings. The van der Waals surface area contributed by atoms with Gasteiger partial charge in [-0.3, -0.25) is 4.79 Å². The molecule has 3 heterocycles. The zero-order chi connectivity index (χ0) is 22.6. The lowest BCUT2D eigenvalue weighted by Gasteiger charge is -2.24. The predicted octanol–water partition coefficient (Wildman–Crippen LogP) is 3.69. The van der Waals surface area contributed by atoms with E-state index in [1.807, 2.05) is 41.3 Å². The predicted molar refractivity (Wildman–Crippen MR) is 124 cm³/mol. The number of hydrogen-bond donors (Lipinski definition) is 0. The maximum atomic E-state index is 12.9. The van der Waals surface area contributed by atoms with Crippen LogP contribution < -0.4 is 9.64 Å². The molecule has 2 aromatic heterocycles. The van der Waals surface area contributed by atoms with Gasteiger partial charge in [0.15, 0.2) is 5.82 Å². The van der Waals surface area contributed by atoms with Crippen LogP contribution in [-0.2, 0) is 11.2 Å². The number of aromatic nitrogens is 3. The number of benzene rings is 1. The molecule has 1 saturated heterocycles. The summed E-state index contributed by atoms with van der Waals surface area (Å²) >= 11 is 0. The molecule has 8 nitrogen and oxygen atoms in total. The van der Waals surface area contributed by atoms with Crippen LogP contribution in [0.5, 0.6) is 5.75 Å². The summed E-state index contributed by atoms with van der Waals surface area (Å²) in [7, 11) is 1.66. The fraction of sp³-hybridized carbons (Fsp3) is 0.440. The third kappa shape index (κ3) is 4.99. The highest BCUT2D eigenvalue weighted by atomic mass is 16.5. The van der Waals surface area contributed by atoms with Gasteiger partial charge in [0.1, 0.15) is 11.6 Å². The van der Waals surface area contributed by atoms with Crippen molar-refractivity contribution >= 4 is 11.7 Å². The van der Waals surface area contributed by atoms with Crippen LogP contribution >= 0.6 is 0 Å². The van der Waals surface area contributed by atoms with Crippen LogP contribution in [0.25, 0.3) is 11.5 Å². The molecule has 2 fully saturated rings. The van der Waals surface area contributed by atoms with E-state index in [2.05, 4.69) is 20.0 Å². The molecule has 0 radical (unpaired) electrons. The minimum absolute atomic E-state index is 0.194. The lowest BCUT2D eigenvalue weighted by atomic mass is 10.1. The van der Waals surface area contributed by atoms with Gasteiger partial charge in [-0.15, -0.1) is 0 Å². The van der Waals surface area contributed by atoms with Crippen molar-refractivity contribution in [1.29, 1.82) is 0 Å². The molecule has 0 bridgehead atoms. The number of anilines is 1. The Kier molecular flexibility index (Phi) is 6.24. The molecule has 1 aliphatic heterocycles. The van der Waals surface area contributed by atoms with Crippen molar-refractivity contribution in [1.82, 2.24) is 20.0 Å². The maximum absolute atomic E-state index is 12.9. The first-order valence-corrected chi connectivity index (χ1v) is 11.7. The van der Waals surface area contributed by atoms with Gasteiger partial charge in [-0.2, -0.15) is 4.98 Å². The van der Waals surface area contributed by atoms with Crippen LogP contribution in [0.3, 0.4) is 0 Å². The molecule has 1 amide bonds. The number of amides is 1. The van der Waals surface area contributed by atoms with Crippen molar-refractivity contribution in [3.8, 4) is 17.2 Å². The Morgan fingerprint density at radius 1 is 1.12 bits per heavy atom. The highest BCUT2D eigenvalue weighted by Crippen LogP contribution is 2.39. The Morgan fingerprint density at radius 3 is 2.76 bits per heavy atom. The number of rotatable bonds is 7. The molecule has 0 N–H and O–H groups in total. The number of methoxy groups -OCH3 is 1. The van der Waals surface area contributed by atoms with Crippen LogP contribution in [0.15, 0.2) is 47.1 Å². The van der Waals surface area contributed by atoms with Gasteiger partial charge in [-0.05, 0) is 55.5 Å². The number of nitrogens with zero attached hydrogens (tertiary/aromatic N) is 5. The molecule has 33 heavy (non-hydrogen) atoms. The van der Waals surface area contributed by atoms with E-state index in [0.29, 0.717) is 24.8 Å². The molecule has 0 unspecified atom stereocenters. The lowest BCUT2D eigenvalue weighted by molar-refractivity contribution is -0.130. The second-order valence-electron chi connectivity index (χ2n) is 8.68. The summed E-state index contributed by atoms with van der Waals surface area (Å²) in [6.07, 6.45) is 6.18. The van der Waals surface area contributed by atoms with Crippen molar-refractivity contribution in [2.45, 2.75) is 38.0 Å². The molecule has 1 saturated carbocycles. The summed E-state index contributed by atoms with van der Waals surface area (Å²) in [6, 6.07) is 11.8. The summed E-state index contributed by atoms with van der Waals surface area (Å²) in [5.74, 6) is 3.63. The number of pyridine rings is 1. The molecule has 5 rings (SSSR count). The SMILES string of the molecule is COc1ccc(CCC(=O)N2CCCN(c3ncccc3-c3nc(C4CC4)no3)CC2)cc1. The van der Waals surface area contributed by atoms with Crippen molar-refractivity contribution in [2.24, 2.45) is 0 Å². The molecule has 1 aliphatic carbocycles. The van der Waals surface area contributed by atoms with E-state index in [4.69, 9.17) is 9.26 Å². The third-order valence-electron chi connectivity index (χ3n) is 6.34. The summed E-state index contributed by atoms with van der Waals surface area (Å²) in [4.78, 5) is 26.3. The van der Waals surface area contributed by atoms with E-state index in [-0.39, 0.29) is 5.91 Å². The number of hydrogen-bond acceptors (Lipinski definition) is 7. The van der Waals surface area contributed by atoms with Gasteiger partial charge in [-0.25, -0.2) is 4.98 Å². The zero-order valence-corrected chi connectivity index (χ0v) is 18.9. The first-order chi connectivity index (χ1) is 16.2. The molecular weight excluding hydrogens is 418 g/mol. The molecule has 172 valence electrons. The Labute approximate surface area is 193 Å². The highest BCUT2D eigenvalue weighted by Gasteiger charge is 2.30. The van der Waals surface area contributed by atoms with Crippen molar-refractivity contribution in [2.75, 3.05) is 38.2 Å². The van der Waals surface area contributed by atoms with Crippen LogP contribution in [0.2, 0.25) is 0 Å². The average molecular weight is 448 g/mol. The summed E-state index contributed by atoms with van der Waals surface area (Å²) in [6.45, 7) is 2.99. The van der Waals surface area contributed by atoms with Gasteiger partial charge >= 0.3 is 0 Å². The van der Waals surface area contributed by atoms with Gasteiger partial charge in [0.05, 0.1) is 12.7 Å². The Bertz CT molecular complexity index is 1090. The van der Waals surface area contributed by atoms with E-state index >= 15 is 0 Å². The molecule has 0 atom stereocenters. The summed E-state index contributed by atoms with van der Waals surface area (Å²) in [5, 5.41) is 4.16. The van der Waals surface area contributed by atoms with Gasteiger partial charge in [0.2, 0.25) is 5.91 Å². The first kappa shape index (κ1) is 21.4. The fourth-order valence-electron chi connectivity index (χ4n) is 4.25. The Hall–Kier alpha value is -3.42. The molecule has 3 aromatic rings. The summed E-state index contributed by atoms with van der Waals surface area (Å²) in [5.41, 5.74) is 2.00. The zero-order valence-electron chi connectivity index (χ0n) is 18.9. The Balaban J connectivity index is 1.21. The van der Waals surface area contributed by atoms with Crippen LogP contribution in [0, 0.1) is 0 Å². The van der Waals surface area contributed by atoms with Crippen LogP contribution in [0.1, 0.15) is 43.0 Å². The second-order valence-corrected chi connectivity index (χ2v) is 8.68. The van der Waals surface area contributed by atoms with Gasteiger partial charge in [0, 0.05) is 44.7 Å². The standard InChI is InChI=1S/C25H29N5O3/c1-32-20-10-5-18(6-11-20)7-12-22(31)29-14-3-15-30(17-16-29)24-21(4-2-13-26-24)25-27-23(28-33-25)19-8-9-19/h2,4-6,10-11,13,19H,3,7-9,12,14-17H2,1H3. The third-order valence-corrected chi connectivity index (χ3v) is 6.34. The van der Waals surface area contributed by atoms with Crippen molar-refractivity contribution in [3.05, 3.63) is 54.0 Å². The van der Waals surface area contributed by atoms with Crippen molar-refractivity contribution < 1.29 is 14.1 Å². The fourth-order valence-corrected chi connectivity index (χ4v) is 4.25. The normalized spacial score (nSPS) is 16.5. The minimum Gasteiger partial charge on any atom is -0.497 e. The summed E-state index contributed by atoms with van der Waals surface area (Å²) < 4.78 is 10.8. The van der Waals surface area contributed by atoms with Gasteiger partial charge < -0.3 is 19.1 Å². The van der Waals surface area contributed by atoms with E-state index in [1.54, 1.807) is 13.3 Å². The lowest BCUT2D eigenvalue weighted by Crippen LogP contribution is -2.35. The topological polar surface area (TPSA) is 84.6 Å². The first-order valence-electron chi connectivity index (χ1n) is 11.7. The molecule has 1 aromatic carbocycles. The van der Waals surface area contributed by atoms with E-state index in [0.717, 1.165) is 73.8 Å². The second kappa shape index (κ2) is 9.60. The largest absolute Gasteiger partial charge is 0.497 e. The van der Waals surface area contributed by atoms with E-state index < -0.39 is 0 Å². The highest BCUT2D eigenvalue weighted by molar-refractivity contribution is 5.77. The number of aryl methyl sites for hydroxylation is 1. The number of carbonyl (C=O) groups is 1. The monoisotopic (exact) mass is 447 g/mol. The Morgan fingerprint density at radius 2 is 1.97 bits per heavy atom. The van der Waals surface area contributed by atoms with Gasteiger partial charge in [0.25, 0.3) is 5.89 Å². The van der Waals surface area contributed by atoms with Gasteiger partial charge in [-0.1, -0.05) is 17.3 Å². The quantitative estimate of drug-likeness (QED) is 0.546. The number of carbonyl (C=O) groups excluding carboxylic acids is 1. The van der Waals surface area contributed by atoms with E-state index in [9.17, 15) is 4.79 Å². The van der Waals surface area contributed by atoms with E-state index in [1.165, 1.54) is 0 Å². The molecule has 8 heteroatoms. The number of ether oxygens (including phenoxy) is 1. The molecule has 0 spiro atoms.